The molecular weight excluding hydrogens is 150 g/mol. The molecule has 0 aliphatic rings. The lowest BCUT2D eigenvalue weighted by Crippen LogP contribution is -1.92. The fraction of sp³-hybridized carbons (Fsp3) is 0.333. The Morgan fingerprint density at radius 3 is 2.11 bits per heavy atom. The lowest BCUT2D eigenvalue weighted by atomic mass is 10.5. The quantitative estimate of drug-likeness (QED) is 0.608. The van der Waals surface area contributed by atoms with Gasteiger partial charge in [0.2, 0.25) is 0 Å². The van der Waals surface area contributed by atoms with Gasteiger partial charge in [-0.2, -0.15) is 0 Å². The number of nitrogens with two attached hydrogens (primary N) is 1. The smallest absolute Gasteiger partial charge is 0.0344 e. The van der Waals surface area contributed by atoms with E-state index in [0.29, 0.717) is 0 Å². The summed E-state index contributed by atoms with van der Waals surface area (Å²) in [5.41, 5.74) is 6.30. The zero-order chi connectivity index (χ0) is 7.44. The van der Waals surface area contributed by atoms with Crippen LogP contribution in [0.25, 0.3) is 0 Å². The van der Waals surface area contributed by atoms with Gasteiger partial charge >= 0.3 is 0 Å². The summed E-state index contributed by atoms with van der Waals surface area (Å²) in [5.74, 6) is 0. The zero-order valence-corrected chi connectivity index (χ0v) is 7.35. The number of allylic oxidation sites excluding steroid dienone is 2. The molecule has 0 aliphatic carbocycles. The Balaban J connectivity index is 3.92. The van der Waals surface area contributed by atoms with Gasteiger partial charge in [-0.05, 0) is 13.8 Å². The van der Waals surface area contributed by atoms with Gasteiger partial charge in [-0.3, -0.25) is 0 Å². The first-order valence-corrected chi connectivity index (χ1v) is 3.79. The van der Waals surface area contributed by atoms with E-state index in [1.807, 2.05) is 13.8 Å². The van der Waals surface area contributed by atoms with Gasteiger partial charge in [-0.1, -0.05) is 18.3 Å². The third kappa shape index (κ3) is 4.48. The highest BCUT2D eigenvalue weighted by Gasteiger charge is 1.92. The number of thiol groups is 1. The Kier molecular flexibility index (Phi) is 3.89. The fourth-order valence-corrected chi connectivity index (χ4v) is 1.18. The standard InChI is InChI=1S/C6H11NS2/c1-4(7)5(2)9-6(3)8/h8H,3,7H2,1-2H3/b5-4-. The highest BCUT2D eigenvalue weighted by Crippen LogP contribution is 2.26. The van der Waals surface area contributed by atoms with E-state index in [1.165, 1.54) is 11.8 Å². The van der Waals surface area contributed by atoms with Crippen LogP contribution in [0.15, 0.2) is 21.4 Å². The SMILES string of the molecule is C=C(S)S/C(C)=C(/C)N. The lowest BCUT2D eigenvalue weighted by molar-refractivity contribution is 1.28. The van der Waals surface area contributed by atoms with Crippen molar-refractivity contribution in [3.05, 3.63) is 21.4 Å². The second-order valence-electron chi connectivity index (χ2n) is 1.73. The molecule has 0 heterocycles. The maximum atomic E-state index is 5.47. The van der Waals surface area contributed by atoms with Crippen molar-refractivity contribution in [2.45, 2.75) is 13.8 Å². The molecule has 0 fully saturated rings. The largest absolute Gasteiger partial charge is 0.402 e. The molecule has 9 heavy (non-hydrogen) atoms. The van der Waals surface area contributed by atoms with Crippen molar-refractivity contribution in [1.29, 1.82) is 0 Å². The first kappa shape index (κ1) is 8.98. The Bertz CT molecular complexity index is 145. The molecule has 0 amide bonds. The van der Waals surface area contributed by atoms with E-state index in [4.69, 9.17) is 5.73 Å². The van der Waals surface area contributed by atoms with Crippen LogP contribution < -0.4 is 5.73 Å². The van der Waals surface area contributed by atoms with E-state index in [0.717, 1.165) is 14.8 Å². The van der Waals surface area contributed by atoms with Crippen molar-refractivity contribution in [1.82, 2.24) is 0 Å². The van der Waals surface area contributed by atoms with Crippen molar-refractivity contribution in [2.75, 3.05) is 0 Å². The average molecular weight is 161 g/mol. The van der Waals surface area contributed by atoms with Gasteiger partial charge in [0.15, 0.2) is 0 Å². The van der Waals surface area contributed by atoms with Crippen LogP contribution in [0.1, 0.15) is 13.8 Å². The summed E-state index contributed by atoms with van der Waals surface area (Å²) in [6.45, 7) is 7.42. The minimum absolute atomic E-state index is 0.775. The van der Waals surface area contributed by atoms with Crippen molar-refractivity contribution >= 4 is 24.4 Å². The molecule has 1 nitrogen and oxygen atoms in total. The molecule has 0 radical (unpaired) electrons. The molecule has 0 saturated carbocycles. The number of hydrogen-bond acceptors (Lipinski definition) is 3. The monoisotopic (exact) mass is 161 g/mol. The molecule has 0 unspecified atom stereocenters. The maximum absolute atomic E-state index is 5.47. The molecule has 3 heteroatoms. The maximum Gasteiger partial charge on any atom is 0.0344 e. The second-order valence-corrected chi connectivity index (χ2v) is 3.89. The van der Waals surface area contributed by atoms with Crippen LogP contribution in [0.3, 0.4) is 0 Å². The van der Waals surface area contributed by atoms with Gasteiger partial charge in [0.25, 0.3) is 0 Å². The van der Waals surface area contributed by atoms with Gasteiger partial charge < -0.3 is 5.73 Å². The summed E-state index contributed by atoms with van der Waals surface area (Å²) in [6, 6.07) is 0. The lowest BCUT2D eigenvalue weighted by Gasteiger charge is -1.99. The Morgan fingerprint density at radius 1 is 1.56 bits per heavy atom. The second kappa shape index (κ2) is 3.90. The molecule has 0 aromatic heterocycles. The van der Waals surface area contributed by atoms with Crippen LogP contribution in [0.2, 0.25) is 0 Å². The first-order valence-electron chi connectivity index (χ1n) is 2.52. The Labute approximate surface area is 65.8 Å². The molecule has 0 saturated heterocycles. The van der Waals surface area contributed by atoms with Gasteiger partial charge in [-0.15, -0.1) is 12.6 Å². The van der Waals surface area contributed by atoms with Crippen molar-refractivity contribution in [2.24, 2.45) is 5.73 Å². The minimum atomic E-state index is 0.775. The molecule has 0 aromatic rings. The first-order chi connectivity index (χ1) is 4.04. The summed E-state index contributed by atoms with van der Waals surface area (Å²) < 4.78 is 0.775. The number of rotatable bonds is 2. The van der Waals surface area contributed by atoms with E-state index in [9.17, 15) is 0 Å². The van der Waals surface area contributed by atoms with E-state index in [2.05, 4.69) is 19.2 Å². The number of thioether (sulfide) groups is 1. The van der Waals surface area contributed by atoms with Crippen LogP contribution in [0.4, 0.5) is 0 Å². The van der Waals surface area contributed by atoms with Crippen LogP contribution in [-0.4, -0.2) is 0 Å². The molecule has 2 N–H and O–H groups in total. The number of hydrogen-bond donors (Lipinski definition) is 2. The van der Waals surface area contributed by atoms with Gasteiger partial charge in [0, 0.05) is 14.8 Å². The van der Waals surface area contributed by atoms with E-state index < -0.39 is 0 Å². The fourth-order valence-electron chi connectivity index (χ4n) is 0.257. The summed E-state index contributed by atoms with van der Waals surface area (Å²) in [4.78, 5) is 1.06. The third-order valence-corrected chi connectivity index (χ3v) is 1.96. The van der Waals surface area contributed by atoms with Crippen molar-refractivity contribution in [3.8, 4) is 0 Å². The van der Waals surface area contributed by atoms with Crippen molar-refractivity contribution in [3.63, 3.8) is 0 Å². The molecular formula is C6H11NS2. The van der Waals surface area contributed by atoms with E-state index in [1.54, 1.807) is 0 Å². The van der Waals surface area contributed by atoms with E-state index in [-0.39, 0.29) is 0 Å². The summed E-state index contributed by atoms with van der Waals surface area (Å²) >= 11 is 5.50. The summed E-state index contributed by atoms with van der Waals surface area (Å²) in [6.07, 6.45) is 0. The highest BCUT2D eigenvalue weighted by molar-refractivity contribution is 8.17. The van der Waals surface area contributed by atoms with E-state index >= 15 is 0 Å². The van der Waals surface area contributed by atoms with Gasteiger partial charge in [0.05, 0.1) is 0 Å². The third-order valence-electron chi connectivity index (χ3n) is 0.826. The Morgan fingerprint density at radius 2 is 2.00 bits per heavy atom. The molecule has 0 spiro atoms. The molecule has 0 aromatic carbocycles. The van der Waals surface area contributed by atoms with Crippen molar-refractivity contribution < 1.29 is 0 Å². The van der Waals surface area contributed by atoms with Crippen LogP contribution in [0.5, 0.6) is 0 Å². The normalized spacial score (nSPS) is 12.8. The van der Waals surface area contributed by atoms with Crippen LogP contribution >= 0.6 is 24.4 Å². The average Bonchev–Trinajstić information content (AvgIpc) is 1.63. The summed E-state index contributed by atoms with van der Waals surface area (Å²) in [7, 11) is 0. The molecule has 0 aliphatic heterocycles. The topological polar surface area (TPSA) is 26.0 Å². The Hall–Kier alpha value is -0.0200. The van der Waals surface area contributed by atoms with Crippen LogP contribution in [0, 0.1) is 0 Å². The highest BCUT2D eigenvalue weighted by atomic mass is 32.2. The zero-order valence-electron chi connectivity index (χ0n) is 5.64. The summed E-state index contributed by atoms with van der Waals surface area (Å²) in [5, 5.41) is 0. The molecule has 0 atom stereocenters. The van der Waals surface area contributed by atoms with Gasteiger partial charge in [-0.25, -0.2) is 0 Å². The molecule has 52 valence electrons. The van der Waals surface area contributed by atoms with Gasteiger partial charge in [0.1, 0.15) is 0 Å². The predicted molar refractivity (Wildman–Crippen MR) is 48.3 cm³/mol. The minimum Gasteiger partial charge on any atom is -0.402 e. The predicted octanol–water partition coefficient (Wildman–Crippen LogP) is 2.33. The molecule has 0 rings (SSSR count). The van der Waals surface area contributed by atoms with Crippen LogP contribution in [-0.2, 0) is 0 Å². The molecule has 0 bridgehead atoms.